The molecule has 1 unspecified atom stereocenters. The van der Waals surface area contributed by atoms with Crippen molar-refractivity contribution < 1.29 is 10.2 Å². The second-order valence-electron chi connectivity index (χ2n) is 6.76. The van der Waals surface area contributed by atoms with Crippen molar-refractivity contribution in [3.05, 3.63) is 48.6 Å². The second-order valence-corrected chi connectivity index (χ2v) is 6.76. The molecule has 0 bridgehead atoms. The Morgan fingerprint density at radius 2 is 1.05 bits per heavy atom. The third-order valence-electron chi connectivity index (χ3n) is 3.29. The van der Waals surface area contributed by atoms with Gasteiger partial charge in [-0.1, -0.05) is 35.5 Å². The van der Waals surface area contributed by atoms with Crippen LogP contribution in [-0.2, 0) is 0 Å². The number of aliphatic hydroxyl groups is 2. The summed E-state index contributed by atoms with van der Waals surface area (Å²) in [4.78, 5) is 0. The Labute approximate surface area is 138 Å². The molecule has 2 atom stereocenters. The minimum Gasteiger partial charge on any atom is -0.386 e. The molecule has 0 saturated carbocycles. The second kappa shape index (κ2) is 11.4. The molecule has 0 amide bonds. The Morgan fingerprint density at radius 1 is 0.773 bits per heavy atom. The lowest BCUT2D eigenvalue weighted by molar-refractivity contribution is 0.103. The Bertz CT molecular complexity index is 339. The topological polar surface area (TPSA) is 40.5 Å². The summed E-state index contributed by atoms with van der Waals surface area (Å²) in [5, 5.41) is 19.0. The summed E-state index contributed by atoms with van der Waals surface area (Å²) < 4.78 is 0. The number of allylic oxidation sites excluding steroid dienone is 4. The quantitative estimate of drug-likeness (QED) is 0.594. The molecular formula is C20H36O2. The normalized spacial score (nSPS) is 15.3. The molecule has 0 rings (SSSR count). The van der Waals surface area contributed by atoms with Gasteiger partial charge in [0.1, 0.15) is 0 Å². The SMILES string of the molecule is C=CC(C)(O)CCC=C(C)C.C=C[C@](C)(O)CCC=C(C)C. The summed E-state index contributed by atoms with van der Waals surface area (Å²) in [6, 6.07) is 0. The first-order valence-corrected chi connectivity index (χ1v) is 7.94. The van der Waals surface area contributed by atoms with Crippen molar-refractivity contribution in [1.82, 2.24) is 0 Å². The number of rotatable bonds is 8. The minimum atomic E-state index is -0.702. The molecule has 0 aromatic carbocycles. The fourth-order valence-corrected chi connectivity index (χ4v) is 1.51. The predicted octanol–water partition coefficient (Wildman–Crippen LogP) is 5.34. The van der Waals surface area contributed by atoms with Crippen molar-refractivity contribution in [2.24, 2.45) is 0 Å². The average Bonchev–Trinajstić information content (AvgIpc) is 2.38. The highest BCUT2D eigenvalue weighted by Gasteiger charge is 2.13. The Balaban J connectivity index is 0. The number of hydrogen-bond acceptors (Lipinski definition) is 2. The molecule has 2 N–H and O–H groups in total. The maximum Gasteiger partial charge on any atom is 0.0800 e. The van der Waals surface area contributed by atoms with Crippen LogP contribution in [0.5, 0.6) is 0 Å². The van der Waals surface area contributed by atoms with E-state index in [0.717, 1.165) is 25.7 Å². The summed E-state index contributed by atoms with van der Waals surface area (Å²) >= 11 is 0. The number of hydrogen-bond donors (Lipinski definition) is 2. The zero-order valence-electron chi connectivity index (χ0n) is 15.4. The fraction of sp³-hybridized carbons (Fsp3) is 0.600. The summed E-state index contributed by atoms with van der Waals surface area (Å²) in [6.07, 6.45) is 10.8. The largest absolute Gasteiger partial charge is 0.386 e. The molecule has 2 nitrogen and oxygen atoms in total. The molecule has 0 fully saturated rings. The van der Waals surface area contributed by atoms with Crippen LogP contribution >= 0.6 is 0 Å². The van der Waals surface area contributed by atoms with Gasteiger partial charge >= 0.3 is 0 Å². The molecule has 0 spiro atoms. The van der Waals surface area contributed by atoms with Gasteiger partial charge < -0.3 is 10.2 Å². The van der Waals surface area contributed by atoms with E-state index in [1.54, 1.807) is 26.0 Å². The van der Waals surface area contributed by atoms with Crippen molar-refractivity contribution in [3.63, 3.8) is 0 Å². The summed E-state index contributed by atoms with van der Waals surface area (Å²) in [7, 11) is 0. The molecule has 0 aliphatic heterocycles. The highest BCUT2D eigenvalue weighted by Crippen LogP contribution is 2.14. The Morgan fingerprint density at radius 3 is 1.23 bits per heavy atom. The average molecular weight is 309 g/mol. The van der Waals surface area contributed by atoms with Crippen LogP contribution in [0.1, 0.15) is 67.2 Å². The lowest BCUT2D eigenvalue weighted by Crippen LogP contribution is -2.19. The maximum atomic E-state index is 9.49. The van der Waals surface area contributed by atoms with Gasteiger partial charge in [0.05, 0.1) is 11.2 Å². The minimum absolute atomic E-state index is 0.702. The molecule has 22 heavy (non-hydrogen) atoms. The molecule has 0 saturated heterocycles. The van der Waals surface area contributed by atoms with Gasteiger partial charge in [-0.3, -0.25) is 0 Å². The van der Waals surface area contributed by atoms with Crippen molar-refractivity contribution in [2.45, 2.75) is 78.4 Å². The van der Waals surface area contributed by atoms with Crippen LogP contribution in [0.25, 0.3) is 0 Å². The highest BCUT2D eigenvalue weighted by atomic mass is 16.3. The summed E-state index contributed by atoms with van der Waals surface area (Å²) in [5.41, 5.74) is 1.19. The fourth-order valence-electron chi connectivity index (χ4n) is 1.51. The Hall–Kier alpha value is -1.12. The van der Waals surface area contributed by atoms with E-state index in [1.807, 2.05) is 0 Å². The third kappa shape index (κ3) is 16.9. The van der Waals surface area contributed by atoms with Crippen LogP contribution in [-0.4, -0.2) is 21.4 Å². The molecule has 128 valence electrons. The van der Waals surface area contributed by atoms with E-state index in [4.69, 9.17) is 0 Å². The smallest absolute Gasteiger partial charge is 0.0800 e. The van der Waals surface area contributed by atoms with Gasteiger partial charge in [-0.05, 0) is 67.2 Å². The van der Waals surface area contributed by atoms with E-state index in [2.05, 4.69) is 53.0 Å². The van der Waals surface area contributed by atoms with Crippen molar-refractivity contribution in [1.29, 1.82) is 0 Å². The van der Waals surface area contributed by atoms with Crippen LogP contribution in [0.2, 0.25) is 0 Å². The first-order valence-electron chi connectivity index (χ1n) is 7.94. The zero-order valence-corrected chi connectivity index (χ0v) is 15.4. The summed E-state index contributed by atoms with van der Waals surface area (Å²) in [5.74, 6) is 0. The molecule has 0 aliphatic rings. The Kier molecular flexibility index (Phi) is 12.0. The zero-order chi connectivity index (χ0) is 17.8. The third-order valence-corrected chi connectivity index (χ3v) is 3.29. The standard InChI is InChI=1S/2C10H18O/c2*1-5-10(4,11)8-6-7-9(2)3/h2*5,7,11H,1,6,8H2,2-4H3/t10-;/m0./s1. The molecule has 0 aliphatic carbocycles. The molecule has 0 aromatic rings. The molecule has 0 heterocycles. The van der Waals surface area contributed by atoms with Gasteiger partial charge in [-0.2, -0.15) is 0 Å². The highest BCUT2D eigenvalue weighted by molar-refractivity contribution is 4.98. The molecule has 0 radical (unpaired) electrons. The van der Waals surface area contributed by atoms with Gasteiger partial charge in [0.25, 0.3) is 0 Å². The van der Waals surface area contributed by atoms with Crippen LogP contribution < -0.4 is 0 Å². The lowest BCUT2D eigenvalue weighted by Gasteiger charge is -2.16. The van der Waals surface area contributed by atoms with Gasteiger partial charge in [0.2, 0.25) is 0 Å². The monoisotopic (exact) mass is 308 g/mol. The predicted molar refractivity (Wildman–Crippen MR) is 99.0 cm³/mol. The van der Waals surface area contributed by atoms with E-state index >= 15 is 0 Å². The van der Waals surface area contributed by atoms with Crippen LogP contribution in [0, 0.1) is 0 Å². The van der Waals surface area contributed by atoms with E-state index in [1.165, 1.54) is 11.1 Å². The molecular weight excluding hydrogens is 272 g/mol. The lowest BCUT2D eigenvalue weighted by atomic mass is 10.00. The van der Waals surface area contributed by atoms with Crippen LogP contribution in [0.3, 0.4) is 0 Å². The van der Waals surface area contributed by atoms with E-state index < -0.39 is 11.2 Å². The molecule has 2 heteroatoms. The van der Waals surface area contributed by atoms with Crippen LogP contribution in [0.4, 0.5) is 0 Å². The van der Waals surface area contributed by atoms with Gasteiger partial charge in [-0.15, -0.1) is 13.2 Å². The molecule has 0 aromatic heterocycles. The van der Waals surface area contributed by atoms with E-state index in [9.17, 15) is 10.2 Å². The maximum absolute atomic E-state index is 9.49. The van der Waals surface area contributed by atoms with Crippen molar-refractivity contribution >= 4 is 0 Å². The van der Waals surface area contributed by atoms with E-state index in [0.29, 0.717) is 0 Å². The van der Waals surface area contributed by atoms with Crippen LogP contribution in [0.15, 0.2) is 48.6 Å². The van der Waals surface area contributed by atoms with Crippen molar-refractivity contribution in [3.8, 4) is 0 Å². The van der Waals surface area contributed by atoms with Gasteiger partial charge in [-0.25, -0.2) is 0 Å². The summed E-state index contributed by atoms with van der Waals surface area (Å²) in [6.45, 7) is 18.9. The first kappa shape index (κ1) is 23.2. The van der Waals surface area contributed by atoms with Crippen molar-refractivity contribution in [2.75, 3.05) is 0 Å². The van der Waals surface area contributed by atoms with Gasteiger partial charge in [0, 0.05) is 0 Å². The first-order chi connectivity index (χ1) is 9.95. The van der Waals surface area contributed by atoms with E-state index in [-0.39, 0.29) is 0 Å². The van der Waals surface area contributed by atoms with Gasteiger partial charge in [0.15, 0.2) is 0 Å².